The van der Waals surface area contributed by atoms with Crippen LogP contribution in [-0.4, -0.2) is 42.9 Å². The Labute approximate surface area is 157 Å². The zero-order valence-electron chi connectivity index (χ0n) is 14.8. The van der Waals surface area contributed by atoms with Crippen LogP contribution in [0.5, 0.6) is 0 Å². The molecule has 0 aromatic heterocycles. The van der Waals surface area contributed by atoms with Gasteiger partial charge in [-0.05, 0) is 55.7 Å². The average molecular weight is 388 g/mol. The predicted octanol–water partition coefficient (Wildman–Crippen LogP) is 2.49. The monoisotopic (exact) mass is 388 g/mol. The van der Waals surface area contributed by atoms with Gasteiger partial charge in [0.2, 0.25) is 0 Å². The third-order valence-corrected chi connectivity index (χ3v) is 5.59. The molecule has 1 aliphatic rings. The van der Waals surface area contributed by atoms with Gasteiger partial charge in [0.15, 0.2) is 0 Å². The van der Waals surface area contributed by atoms with Gasteiger partial charge in [-0.3, -0.25) is 14.3 Å². The fraction of sp³-hybridized carbons (Fsp3) is 0.263. The van der Waals surface area contributed by atoms with E-state index in [1.807, 2.05) is 13.0 Å². The summed E-state index contributed by atoms with van der Waals surface area (Å²) in [4.78, 5) is 25.0. The average Bonchev–Trinajstić information content (AvgIpc) is 3.43. The molecule has 0 bridgehead atoms. The number of nitrogens with one attached hydrogen (secondary N) is 1. The molecule has 142 valence electrons. The lowest BCUT2D eigenvalue weighted by molar-refractivity contribution is -0.137. The number of anilines is 1. The highest BCUT2D eigenvalue weighted by atomic mass is 32.2. The minimum atomic E-state index is -3.88. The van der Waals surface area contributed by atoms with E-state index in [9.17, 15) is 18.0 Å². The zero-order valence-corrected chi connectivity index (χ0v) is 15.6. The van der Waals surface area contributed by atoms with Gasteiger partial charge < -0.3 is 10.0 Å². The van der Waals surface area contributed by atoms with Crippen molar-refractivity contribution >= 4 is 27.6 Å². The number of hydrogen-bond donors (Lipinski definition) is 2. The van der Waals surface area contributed by atoms with Gasteiger partial charge in [0, 0.05) is 17.3 Å². The smallest absolute Gasteiger partial charge is 0.323 e. The van der Waals surface area contributed by atoms with Crippen LogP contribution in [0.25, 0.3) is 0 Å². The van der Waals surface area contributed by atoms with Crippen molar-refractivity contribution in [3.05, 3.63) is 59.7 Å². The van der Waals surface area contributed by atoms with Crippen molar-refractivity contribution in [2.45, 2.75) is 30.7 Å². The van der Waals surface area contributed by atoms with Gasteiger partial charge in [0.25, 0.3) is 15.9 Å². The standard InChI is InChI=1S/C19H20N2O5S/c1-13-4-2-6-15(10-13)20-27(25,26)17-7-3-5-14(11-17)19(24)21(12-18(22)23)16-8-9-16/h2-7,10-11,16,20H,8-9,12H2,1H3,(H,22,23). The van der Waals surface area contributed by atoms with Crippen LogP contribution in [0, 0.1) is 6.92 Å². The number of aliphatic carboxylic acids is 1. The Bertz CT molecular complexity index is 983. The molecule has 0 atom stereocenters. The first kappa shape index (κ1) is 18.9. The summed E-state index contributed by atoms with van der Waals surface area (Å²) in [6.45, 7) is 1.45. The lowest BCUT2D eigenvalue weighted by Crippen LogP contribution is -2.37. The molecule has 1 amide bonds. The van der Waals surface area contributed by atoms with Crippen molar-refractivity contribution < 1.29 is 23.1 Å². The van der Waals surface area contributed by atoms with Crippen LogP contribution in [0.3, 0.4) is 0 Å². The first-order valence-corrected chi connectivity index (χ1v) is 9.97. The minimum Gasteiger partial charge on any atom is -0.480 e. The van der Waals surface area contributed by atoms with Crippen molar-refractivity contribution in [2.75, 3.05) is 11.3 Å². The molecule has 27 heavy (non-hydrogen) atoms. The van der Waals surface area contributed by atoms with E-state index >= 15 is 0 Å². The lowest BCUT2D eigenvalue weighted by atomic mass is 10.2. The Morgan fingerprint density at radius 1 is 1.15 bits per heavy atom. The van der Waals surface area contributed by atoms with Crippen LogP contribution >= 0.6 is 0 Å². The molecule has 1 aliphatic carbocycles. The summed E-state index contributed by atoms with van der Waals surface area (Å²) in [5, 5.41) is 9.03. The van der Waals surface area contributed by atoms with Gasteiger partial charge in [-0.2, -0.15) is 0 Å². The molecule has 0 radical (unpaired) electrons. The van der Waals surface area contributed by atoms with E-state index in [0.717, 1.165) is 18.4 Å². The maximum Gasteiger partial charge on any atom is 0.323 e. The molecule has 0 unspecified atom stereocenters. The number of amides is 1. The van der Waals surface area contributed by atoms with E-state index in [0.29, 0.717) is 5.69 Å². The normalized spacial score (nSPS) is 13.8. The first-order valence-electron chi connectivity index (χ1n) is 8.48. The number of rotatable bonds is 7. The molecule has 1 fully saturated rings. The van der Waals surface area contributed by atoms with Crippen molar-refractivity contribution in [2.24, 2.45) is 0 Å². The van der Waals surface area contributed by atoms with E-state index in [2.05, 4.69) is 4.72 Å². The van der Waals surface area contributed by atoms with Crippen LogP contribution < -0.4 is 4.72 Å². The number of carboxylic acid groups (broad SMARTS) is 1. The van der Waals surface area contributed by atoms with E-state index in [-0.39, 0.29) is 16.5 Å². The fourth-order valence-electron chi connectivity index (χ4n) is 2.78. The maximum atomic E-state index is 12.7. The van der Waals surface area contributed by atoms with E-state index in [1.165, 1.54) is 29.2 Å². The van der Waals surface area contributed by atoms with Gasteiger partial charge in [-0.1, -0.05) is 18.2 Å². The Morgan fingerprint density at radius 3 is 2.48 bits per heavy atom. The van der Waals surface area contributed by atoms with Crippen LogP contribution in [0.15, 0.2) is 53.4 Å². The topological polar surface area (TPSA) is 104 Å². The predicted molar refractivity (Wildman–Crippen MR) is 100 cm³/mol. The largest absolute Gasteiger partial charge is 0.480 e. The van der Waals surface area contributed by atoms with Crippen LogP contribution in [0.1, 0.15) is 28.8 Å². The number of hydrogen-bond acceptors (Lipinski definition) is 4. The third kappa shape index (κ3) is 4.65. The van der Waals surface area contributed by atoms with E-state index in [1.54, 1.807) is 18.2 Å². The Hall–Kier alpha value is -2.87. The highest BCUT2D eigenvalue weighted by molar-refractivity contribution is 7.92. The molecule has 0 aliphatic heterocycles. The van der Waals surface area contributed by atoms with Crippen LogP contribution in [0.4, 0.5) is 5.69 Å². The molecule has 0 saturated heterocycles. The molecule has 1 saturated carbocycles. The number of benzene rings is 2. The number of carboxylic acids is 1. The summed E-state index contributed by atoms with van der Waals surface area (Å²) >= 11 is 0. The molecule has 2 N–H and O–H groups in total. The second kappa shape index (κ2) is 7.40. The Balaban J connectivity index is 1.85. The van der Waals surface area contributed by atoms with Crippen molar-refractivity contribution in [1.82, 2.24) is 4.90 Å². The summed E-state index contributed by atoms with van der Waals surface area (Å²) in [5.74, 6) is -1.58. The molecule has 0 spiro atoms. The molecule has 7 nitrogen and oxygen atoms in total. The maximum absolute atomic E-state index is 12.7. The van der Waals surface area contributed by atoms with Gasteiger partial charge in [0.05, 0.1) is 4.90 Å². The number of nitrogens with zero attached hydrogens (tertiary/aromatic N) is 1. The number of carbonyl (C=O) groups is 2. The van der Waals surface area contributed by atoms with Gasteiger partial charge >= 0.3 is 5.97 Å². The highest BCUT2D eigenvalue weighted by Gasteiger charge is 2.34. The summed E-state index contributed by atoms with van der Waals surface area (Å²) < 4.78 is 27.8. The second-order valence-corrected chi connectivity index (χ2v) is 8.24. The molecule has 2 aromatic rings. The number of aryl methyl sites for hydroxylation is 1. The van der Waals surface area contributed by atoms with Crippen molar-refractivity contribution in [1.29, 1.82) is 0 Å². The van der Waals surface area contributed by atoms with Crippen molar-refractivity contribution in [3.63, 3.8) is 0 Å². The molecule has 2 aromatic carbocycles. The summed E-state index contributed by atoms with van der Waals surface area (Å²) in [7, 11) is -3.88. The minimum absolute atomic E-state index is 0.0547. The summed E-state index contributed by atoms with van der Waals surface area (Å²) in [5.41, 5.74) is 1.49. The van der Waals surface area contributed by atoms with Crippen LogP contribution in [0.2, 0.25) is 0 Å². The van der Waals surface area contributed by atoms with Gasteiger partial charge in [0.1, 0.15) is 6.54 Å². The van der Waals surface area contributed by atoms with Gasteiger partial charge in [-0.25, -0.2) is 8.42 Å². The summed E-state index contributed by atoms with van der Waals surface area (Å²) in [6.07, 6.45) is 1.51. The summed E-state index contributed by atoms with van der Waals surface area (Å²) in [6, 6.07) is 12.5. The first-order chi connectivity index (χ1) is 12.8. The third-order valence-electron chi connectivity index (χ3n) is 4.22. The highest BCUT2D eigenvalue weighted by Crippen LogP contribution is 2.28. The molecule has 0 heterocycles. The zero-order chi connectivity index (χ0) is 19.6. The van der Waals surface area contributed by atoms with E-state index < -0.39 is 28.4 Å². The SMILES string of the molecule is Cc1cccc(NS(=O)(=O)c2cccc(C(=O)N(CC(=O)O)C3CC3)c2)c1. The molecular weight excluding hydrogens is 368 g/mol. The Kier molecular flexibility index (Phi) is 5.18. The van der Waals surface area contributed by atoms with E-state index in [4.69, 9.17) is 5.11 Å². The van der Waals surface area contributed by atoms with Crippen molar-refractivity contribution in [3.8, 4) is 0 Å². The quantitative estimate of drug-likeness (QED) is 0.758. The Morgan fingerprint density at radius 2 is 1.85 bits per heavy atom. The molecule has 3 rings (SSSR count). The number of carbonyl (C=O) groups excluding carboxylic acids is 1. The molecular formula is C19H20N2O5S. The van der Waals surface area contributed by atoms with Gasteiger partial charge in [-0.15, -0.1) is 0 Å². The number of sulfonamides is 1. The fourth-order valence-corrected chi connectivity index (χ4v) is 3.88. The van der Waals surface area contributed by atoms with Crippen LogP contribution in [-0.2, 0) is 14.8 Å². The lowest BCUT2D eigenvalue weighted by Gasteiger charge is -2.20. The molecule has 8 heteroatoms. The second-order valence-electron chi connectivity index (χ2n) is 6.56.